The van der Waals surface area contributed by atoms with Gasteiger partial charge in [0.05, 0.1) is 23.9 Å². The van der Waals surface area contributed by atoms with Crippen LogP contribution in [0.5, 0.6) is 0 Å². The molecular formula is C13H18FNO3. The monoisotopic (exact) mass is 255 g/mol. The highest BCUT2D eigenvalue weighted by molar-refractivity contribution is 5.94. The summed E-state index contributed by atoms with van der Waals surface area (Å²) in [6.07, 6.45) is 0. The Morgan fingerprint density at radius 3 is 2.67 bits per heavy atom. The topological polar surface area (TPSA) is 58.6 Å². The second-order valence-corrected chi connectivity index (χ2v) is 4.42. The third-order valence-electron chi connectivity index (χ3n) is 2.72. The van der Waals surface area contributed by atoms with Crippen LogP contribution >= 0.6 is 0 Å². The van der Waals surface area contributed by atoms with Crippen LogP contribution in [0.25, 0.3) is 0 Å². The van der Waals surface area contributed by atoms with E-state index < -0.39 is 11.8 Å². The number of methoxy groups -OCH3 is 1. The fraction of sp³-hybridized carbons (Fsp3) is 0.462. The normalized spacial score (nSPS) is 12.5. The number of hydrogen-bond acceptors (Lipinski definition) is 3. The Morgan fingerprint density at radius 2 is 2.17 bits per heavy atom. The smallest absolute Gasteiger partial charge is 0.337 e. The highest BCUT2D eigenvalue weighted by Gasteiger charge is 2.19. The minimum absolute atomic E-state index is 0.0146. The second-order valence-electron chi connectivity index (χ2n) is 4.42. The van der Waals surface area contributed by atoms with Gasteiger partial charge in [-0.3, -0.25) is 0 Å². The number of aromatic carboxylic acids is 1. The summed E-state index contributed by atoms with van der Waals surface area (Å²) in [5, 5.41) is 12.0. The molecule has 0 aromatic heterocycles. The van der Waals surface area contributed by atoms with Crippen molar-refractivity contribution in [3.05, 3.63) is 29.6 Å². The largest absolute Gasteiger partial charge is 0.478 e. The van der Waals surface area contributed by atoms with Crippen LogP contribution in [0.15, 0.2) is 18.2 Å². The number of nitrogens with one attached hydrogen (secondary N) is 1. The van der Waals surface area contributed by atoms with Crippen molar-refractivity contribution in [2.45, 2.75) is 19.9 Å². The van der Waals surface area contributed by atoms with Gasteiger partial charge in [0, 0.05) is 7.11 Å². The molecule has 0 saturated carbocycles. The highest BCUT2D eigenvalue weighted by Crippen LogP contribution is 2.22. The SMILES string of the molecule is COCC(Nc1c(F)cccc1C(=O)O)C(C)C. The summed E-state index contributed by atoms with van der Waals surface area (Å²) in [5.74, 6) is -1.54. The summed E-state index contributed by atoms with van der Waals surface area (Å²) in [7, 11) is 1.55. The molecule has 0 heterocycles. The fourth-order valence-corrected chi connectivity index (χ4v) is 1.61. The molecule has 2 N–H and O–H groups in total. The molecule has 0 saturated heterocycles. The molecule has 0 amide bonds. The van der Waals surface area contributed by atoms with Crippen LogP contribution in [0, 0.1) is 11.7 Å². The maximum Gasteiger partial charge on any atom is 0.337 e. The van der Waals surface area contributed by atoms with E-state index in [1.807, 2.05) is 13.8 Å². The van der Waals surface area contributed by atoms with Gasteiger partial charge in [0.15, 0.2) is 0 Å². The number of ether oxygens (including phenoxy) is 1. The first kappa shape index (κ1) is 14.4. The van der Waals surface area contributed by atoms with Crippen molar-refractivity contribution in [2.24, 2.45) is 5.92 Å². The minimum Gasteiger partial charge on any atom is -0.478 e. The Labute approximate surface area is 106 Å². The standard InChI is InChI=1S/C13H18FNO3/c1-8(2)11(7-18-3)15-12-9(13(16)17)5-4-6-10(12)14/h4-6,8,11,15H,7H2,1-3H3,(H,16,17). The molecule has 0 aliphatic carbocycles. The first-order valence-corrected chi connectivity index (χ1v) is 5.74. The van der Waals surface area contributed by atoms with E-state index in [9.17, 15) is 9.18 Å². The molecule has 0 fully saturated rings. The average Bonchev–Trinajstić information content (AvgIpc) is 2.30. The van der Waals surface area contributed by atoms with E-state index in [2.05, 4.69) is 5.32 Å². The van der Waals surface area contributed by atoms with E-state index in [-0.39, 0.29) is 23.2 Å². The van der Waals surface area contributed by atoms with Crippen molar-refractivity contribution in [1.29, 1.82) is 0 Å². The number of rotatable bonds is 6. The number of carboxylic acid groups (broad SMARTS) is 1. The van der Waals surface area contributed by atoms with Gasteiger partial charge in [0.1, 0.15) is 5.82 Å². The summed E-state index contributed by atoms with van der Waals surface area (Å²) < 4.78 is 18.8. The van der Waals surface area contributed by atoms with E-state index in [0.717, 1.165) is 0 Å². The number of carboxylic acids is 1. The number of anilines is 1. The van der Waals surface area contributed by atoms with Crippen molar-refractivity contribution in [3.63, 3.8) is 0 Å². The quantitative estimate of drug-likeness (QED) is 0.820. The minimum atomic E-state index is -1.16. The molecule has 0 radical (unpaired) electrons. The maximum atomic E-state index is 13.7. The Hall–Kier alpha value is -1.62. The molecule has 1 rings (SSSR count). The molecule has 0 aliphatic heterocycles. The molecule has 5 heteroatoms. The summed E-state index contributed by atoms with van der Waals surface area (Å²) in [6, 6.07) is 3.84. The van der Waals surface area contributed by atoms with Gasteiger partial charge in [-0.2, -0.15) is 0 Å². The van der Waals surface area contributed by atoms with Gasteiger partial charge in [-0.25, -0.2) is 9.18 Å². The van der Waals surface area contributed by atoms with Crippen molar-refractivity contribution >= 4 is 11.7 Å². The fourth-order valence-electron chi connectivity index (χ4n) is 1.61. The van der Waals surface area contributed by atoms with Crippen LogP contribution in [-0.4, -0.2) is 30.8 Å². The van der Waals surface area contributed by atoms with Crippen molar-refractivity contribution < 1.29 is 19.0 Å². The van der Waals surface area contributed by atoms with E-state index in [0.29, 0.717) is 6.61 Å². The Morgan fingerprint density at radius 1 is 1.50 bits per heavy atom. The van der Waals surface area contributed by atoms with Crippen LogP contribution in [0.1, 0.15) is 24.2 Å². The van der Waals surface area contributed by atoms with E-state index in [4.69, 9.17) is 9.84 Å². The summed E-state index contributed by atoms with van der Waals surface area (Å²) in [4.78, 5) is 11.0. The van der Waals surface area contributed by atoms with Gasteiger partial charge in [-0.1, -0.05) is 19.9 Å². The van der Waals surface area contributed by atoms with Gasteiger partial charge < -0.3 is 15.2 Å². The third kappa shape index (κ3) is 3.43. The molecule has 1 atom stereocenters. The Balaban J connectivity index is 3.04. The lowest BCUT2D eigenvalue weighted by atomic mass is 10.0. The number of hydrogen-bond donors (Lipinski definition) is 2. The lowest BCUT2D eigenvalue weighted by Gasteiger charge is -2.23. The van der Waals surface area contributed by atoms with Gasteiger partial charge in [0.25, 0.3) is 0 Å². The molecule has 18 heavy (non-hydrogen) atoms. The number of carbonyl (C=O) groups is 1. The van der Waals surface area contributed by atoms with Crippen LogP contribution in [0.3, 0.4) is 0 Å². The van der Waals surface area contributed by atoms with Gasteiger partial charge in [-0.15, -0.1) is 0 Å². The van der Waals surface area contributed by atoms with Crippen molar-refractivity contribution in [3.8, 4) is 0 Å². The Bertz CT molecular complexity index is 421. The number of para-hydroxylation sites is 1. The van der Waals surface area contributed by atoms with Gasteiger partial charge in [-0.05, 0) is 18.1 Å². The molecule has 100 valence electrons. The summed E-state index contributed by atoms with van der Waals surface area (Å²) >= 11 is 0. The predicted molar refractivity (Wildman–Crippen MR) is 67.5 cm³/mol. The van der Waals surface area contributed by atoms with E-state index in [1.165, 1.54) is 18.2 Å². The average molecular weight is 255 g/mol. The lowest BCUT2D eigenvalue weighted by molar-refractivity contribution is 0.0697. The van der Waals surface area contributed by atoms with Crippen molar-refractivity contribution in [1.82, 2.24) is 0 Å². The molecule has 0 spiro atoms. The van der Waals surface area contributed by atoms with Crippen LogP contribution in [-0.2, 0) is 4.74 Å². The third-order valence-corrected chi connectivity index (χ3v) is 2.72. The van der Waals surface area contributed by atoms with E-state index in [1.54, 1.807) is 7.11 Å². The van der Waals surface area contributed by atoms with Gasteiger partial charge in [0.2, 0.25) is 0 Å². The predicted octanol–water partition coefficient (Wildman–Crippen LogP) is 2.61. The highest BCUT2D eigenvalue weighted by atomic mass is 19.1. The molecule has 0 aliphatic rings. The van der Waals surface area contributed by atoms with Crippen LogP contribution in [0.4, 0.5) is 10.1 Å². The number of benzene rings is 1. The lowest BCUT2D eigenvalue weighted by Crippen LogP contribution is -2.31. The summed E-state index contributed by atoms with van der Waals surface area (Å²) in [5.41, 5.74) is -0.0579. The van der Waals surface area contributed by atoms with Crippen LogP contribution in [0.2, 0.25) is 0 Å². The molecule has 4 nitrogen and oxygen atoms in total. The zero-order valence-electron chi connectivity index (χ0n) is 10.7. The van der Waals surface area contributed by atoms with Gasteiger partial charge >= 0.3 is 5.97 Å². The van der Waals surface area contributed by atoms with Crippen molar-refractivity contribution in [2.75, 3.05) is 19.0 Å². The maximum absolute atomic E-state index is 13.7. The molecule has 1 aromatic rings. The summed E-state index contributed by atoms with van der Waals surface area (Å²) in [6.45, 7) is 4.29. The number of halogens is 1. The van der Waals surface area contributed by atoms with Crippen LogP contribution < -0.4 is 5.32 Å². The zero-order valence-corrected chi connectivity index (χ0v) is 10.7. The zero-order chi connectivity index (χ0) is 13.7. The first-order valence-electron chi connectivity index (χ1n) is 5.74. The Kier molecular flexibility index (Phi) is 5.09. The second kappa shape index (κ2) is 6.35. The van der Waals surface area contributed by atoms with E-state index >= 15 is 0 Å². The molecular weight excluding hydrogens is 237 g/mol. The first-order chi connectivity index (χ1) is 8.47. The molecule has 1 unspecified atom stereocenters. The molecule has 0 bridgehead atoms. The molecule has 1 aromatic carbocycles.